The molecule has 0 radical (unpaired) electrons. The predicted octanol–water partition coefficient (Wildman–Crippen LogP) is 2.91. The van der Waals surface area contributed by atoms with Crippen molar-refractivity contribution >= 4 is 0 Å². The van der Waals surface area contributed by atoms with Crippen LogP contribution in [-0.4, -0.2) is 21.0 Å². The molecule has 1 unspecified atom stereocenters. The predicted molar refractivity (Wildman–Crippen MR) is 78.9 cm³/mol. The molecule has 0 spiro atoms. The number of aliphatic hydroxyl groups excluding tert-OH is 1. The second kappa shape index (κ2) is 5.67. The molecule has 1 atom stereocenters. The molecule has 0 aliphatic carbocycles. The van der Waals surface area contributed by atoms with Gasteiger partial charge in [-0.15, -0.1) is 0 Å². The number of aryl methyl sites for hydroxylation is 2. The highest BCUT2D eigenvalue weighted by atomic mass is 16.5. The Bertz CT molecular complexity index is 603. The van der Waals surface area contributed by atoms with Gasteiger partial charge in [0, 0.05) is 23.9 Å². The minimum atomic E-state index is -0.723. The topological polar surface area (TPSA) is 47.3 Å². The molecule has 2 rings (SSSR count). The van der Waals surface area contributed by atoms with Gasteiger partial charge in [-0.1, -0.05) is 18.2 Å². The van der Waals surface area contributed by atoms with Crippen LogP contribution in [0.25, 0.3) is 0 Å². The van der Waals surface area contributed by atoms with Crippen LogP contribution in [0.3, 0.4) is 0 Å². The molecular weight excluding hydrogens is 252 g/mol. The number of para-hydroxylation sites is 1. The van der Waals surface area contributed by atoms with E-state index in [0.29, 0.717) is 0 Å². The first-order valence-electron chi connectivity index (χ1n) is 6.85. The maximum absolute atomic E-state index is 10.7. The fourth-order valence-electron chi connectivity index (χ4n) is 2.41. The Morgan fingerprint density at radius 2 is 1.85 bits per heavy atom. The van der Waals surface area contributed by atoms with Crippen LogP contribution in [0.2, 0.25) is 0 Å². The van der Waals surface area contributed by atoms with Crippen LogP contribution in [0.15, 0.2) is 24.3 Å². The standard InChI is InChI=1S/C16H22N2O2/c1-10(2)20-14-9-7-6-8-13(14)16(19)15-11(3)17-18(5)12(15)4/h6-10,16,19H,1-5H3. The minimum Gasteiger partial charge on any atom is -0.491 e. The van der Waals surface area contributed by atoms with Gasteiger partial charge in [-0.05, 0) is 33.8 Å². The van der Waals surface area contributed by atoms with Crippen molar-refractivity contribution in [1.82, 2.24) is 9.78 Å². The van der Waals surface area contributed by atoms with Crippen LogP contribution < -0.4 is 4.74 Å². The zero-order chi connectivity index (χ0) is 14.9. The molecule has 0 fully saturated rings. The van der Waals surface area contributed by atoms with Crippen molar-refractivity contribution in [2.45, 2.75) is 39.9 Å². The third-order valence-corrected chi connectivity index (χ3v) is 3.41. The fourth-order valence-corrected chi connectivity index (χ4v) is 2.41. The number of nitrogens with zero attached hydrogens (tertiary/aromatic N) is 2. The van der Waals surface area contributed by atoms with Gasteiger partial charge < -0.3 is 9.84 Å². The molecule has 0 bridgehead atoms. The summed E-state index contributed by atoms with van der Waals surface area (Å²) >= 11 is 0. The molecular formula is C16H22N2O2. The molecule has 0 aliphatic rings. The molecule has 0 saturated heterocycles. The molecule has 20 heavy (non-hydrogen) atoms. The van der Waals surface area contributed by atoms with E-state index in [-0.39, 0.29) is 6.10 Å². The lowest BCUT2D eigenvalue weighted by Crippen LogP contribution is -2.10. The van der Waals surface area contributed by atoms with Crippen molar-refractivity contribution in [2.75, 3.05) is 0 Å². The van der Waals surface area contributed by atoms with Crippen molar-refractivity contribution in [3.8, 4) is 5.75 Å². The Hall–Kier alpha value is -1.81. The summed E-state index contributed by atoms with van der Waals surface area (Å²) in [5.41, 5.74) is 3.44. The van der Waals surface area contributed by atoms with E-state index in [9.17, 15) is 5.11 Å². The normalized spacial score (nSPS) is 12.8. The molecule has 108 valence electrons. The van der Waals surface area contributed by atoms with Crippen LogP contribution in [0, 0.1) is 13.8 Å². The summed E-state index contributed by atoms with van der Waals surface area (Å²) in [6.07, 6.45) is -0.655. The first-order chi connectivity index (χ1) is 9.41. The van der Waals surface area contributed by atoms with Crippen molar-refractivity contribution in [1.29, 1.82) is 0 Å². The molecule has 1 aromatic carbocycles. The second-order valence-corrected chi connectivity index (χ2v) is 5.32. The Labute approximate surface area is 120 Å². The molecule has 4 nitrogen and oxygen atoms in total. The maximum Gasteiger partial charge on any atom is 0.125 e. The molecule has 0 saturated carbocycles. The zero-order valence-corrected chi connectivity index (χ0v) is 12.7. The second-order valence-electron chi connectivity index (χ2n) is 5.32. The van der Waals surface area contributed by atoms with Gasteiger partial charge in [0.1, 0.15) is 11.9 Å². The molecule has 0 aliphatic heterocycles. The van der Waals surface area contributed by atoms with Gasteiger partial charge in [-0.25, -0.2) is 0 Å². The summed E-state index contributed by atoms with van der Waals surface area (Å²) < 4.78 is 7.58. The van der Waals surface area contributed by atoms with Crippen LogP contribution in [-0.2, 0) is 7.05 Å². The van der Waals surface area contributed by atoms with Gasteiger partial charge in [0.15, 0.2) is 0 Å². The molecule has 1 heterocycles. The van der Waals surface area contributed by atoms with E-state index < -0.39 is 6.10 Å². The van der Waals surface area contributed by atoms with Gasteiger partial charge in [-0.3, -0.25) is 4.68 Å². The van der Waals surface area contributed by atoms with Crippen molar-refractivity contribution < 1.29 is 9.84 Å². The van der Waals surface area contributed by atoms with Gasteiger partial charge in [0.25, 0.3) is 0 Å². The number of aromatic nitrogens is 2. The van der Waals surface area contributed by atoms with Gasteiger partial charge in [0.05, 0.1) is 11.8 Å². The summed E-state index contributed by atoms with van der Waals surface area (Å²) in [4.78, 5) is 0. The van der Waals surface area contributed by atoms with Gasteiger partial charge >= 0.3 is 0 Å². The summed E-state index contributed by atoms with van der Waals surface area (Å²) in [6, 6.07) is 7.61. The Kier molecular flexibility index (Phi) is 4.14. The average molecular weight is 274 g/mol. The van der Waals surface area contributed by atoms with E-state index >= 15 is 0 Å². The zero-order valence-electron chi connectivity index (χ0n) is 12.7. The molecule has 1 N–H and O–H groups in total. The third kappa shape index (κ3) is 2.70. The monoisotopic (exact) mass is 274 g/mol. The number of ether oxygens (including phenoxy) is 1. The Morgan fingerprint density at radius 1 is 1.20 bits per heavy atom. The van der Waals surface area contributed by atoms with E-state index in [0.717, 1.165) is 28.3 Å². The Balaban J connectivity index is 2.45. The number of hydrogen-bond acceptors (Lipinski definition) is 3. The number of hydrogen-bond donors (Lipinski definition) is 1. The van der Waals surface area contributed by atoms with Crippen LogP contribution >= 0.6 is 0 Å². The summed E-state index contributed by atoms with van der Waals surface area (Å²) in [6.45, 7) is 7.83. The molecule has 4 heteroatoms. The smallest absolute Gasteiger partial charge is 0.125 e. The Morgan fingerprint density at radius 3 is 2.40 bits per heavy atom. The van der Waals surface area contributed by atoms with Gasteiger partial charge in [0.2, 0.25) is 0 Å². The average Bonchev–Trinajstić information content (AvgIpc) is 2.62. The summed E-state index contributed by atoms with van der Waals surface area (Å²) in [5, 5.41) is 15.1. The van der Waals surface area contributed by atoms with E-state index in [1.165, 1.54) is 0 Å². The van der Waals surface area contributed by atoms with Crippen LogP contribution in [0.4, 0.5) is 0 Å². The number of aliphatic hydroxyl groups is 1. The summed E-state index contributed by atoms with van der Waals surface area (Å²) in [5.74, 6) is 0.720. The lowest BCUT2D eigenvalue weighted by Gasteiger charge is -2.18. The van der Waals surface area contributed by atoms with Crippen LogP contribution in [0.5, 0.6) is 5.75 Å². The van der Waals surface area contributed by atoms with Crippen LogP contribution in [0.1, 0.15) is 42.5 Å². The van der Waals surface area contributed by atoms with Crippen molar-refractivity contribution in [3.63, 3.8) is 0 Å². The SMILES string of the molecule is Cc1nn(C)c(C)c1C(O)c1ccccc1OC(C)C. The fraction of sp³-hybridized carbons (Fsp3) is 0.438. The van der Waals surface area contributed by atoms with Crippen molar-refractivity contribution in [2.24, 2.45) is 7.05 Å². The van der Waals surface area contributed by atoms with E-state index in [1.54, 1.807) is 4.68 Å². The first kappa shape index (κ1) is 14.6. The highest BCUT2D eigenvalue weighted by molar-refractivity contribution is 5.42. The highest BCUT2D eigenvalue weighted by Gasteiger charge is 2.22. The third-order valence-electron chi connectivity index (χ3n) is 3.41. The minimum absolute atomic E-state index is 0.0689. The van der Waals surface area contributed by atoms with Crippen molar-refractivity contribution in [3.05, 3.63) is 46.8 Å². The number of rotatable bonds is 4. The number of benzene rings is 1. The largest absolute Gasteiger partial charge is 0.491 e. The molecule has 2 aromatic rings. The first-order valence-corrected chi connectivity index (χ1v) is 6.85. The molecule has 1 aromatic heterocycles. The van der Waals surface area contributed by atoms with Gasteiger partial charge in [-0.2, -0.15) is 5.10 Å². The summed E-state index contributed by atoms with van der Waals surface area (Å²) in [7, 11) is 1.88. The lowest BCUT2D eigenvalue weighted by atomic mass is 9.99. The van der Waals surface area contributed by atoms with E-state index in [4.69, 9.17) is 4.74 Å². The lowest BCUT2D eigenvalue weighted by molar-refractivity contribution is 0.197. The quantitative estimate of drug-likeness (QED) is 0.932. The van der Waals surface area contributed by atoms with E-state index in [2.05, 4.69) is 5.10 Å². The molecule has 0 amide bonds. The maximum atomic E-state index is 10.7. The highest BCUT2D eigenvalue weighted by Crippen LogP contribution is 2.33. The van der Waals surface area contributed by atoms with E-state index in [1.807, 2.05) is 59.0 Å².